The summed E-state index contributed by atoms with van der Waals surface area (Å²) in [5.74, 6) is 0. The van der Waals surface area contributed by atoms with Gasteiger partial charge >= 0.3 is 0 Å². The number of hydrogen-bond acceptors (Lipinski definition) is 3. The molecule has 1 aromatic heterocycles. The van der Waals surface area contributed by atoms with Crippen LogP contribution < -0.4 is 5.32 Å². The van der Waals surface area contributed by atoms with Gasteiger partial charge in [0.25, 0.3) is 0 Å². The molecule has 1 heterocycles. The Morgan fingerprint density at radius 3 is 2.72 bits per heavy atom. The van der Waals surface area contributed by atoms with Crippen molar-refractivity contribution in [3.05, 3.63) is 43.8 Å². The number of benzene rings is 1. The highest BCUT2D eigenvalue weighted by Gasteiger charge is 2.06. The van der Waals surface area contributed by atoms with E-state index in [9.17, 15) is 0 Å². The van der Waals surface area contributed by atoms with Crippen LogP contribution in [0.25, 0.3) is 0 Å². The number of aryl methyl sites for hydroxylation is 2. The van der Waals surface area contributed by atoms with Gasteiger partial charge in [-0.25, -0.2) is 4.98 Å². The molecule has 0 atom stereocenters. The van der Waals surface area contributed by atoms with Crippen molar-refractivity contribution in [2.45, 2.75) is 26.8 Å². The predicted octanol–water partition coefficient (Wildman–Crippen LogP) is 4.93. The summed E-state index contributed by atoms with van der Waals surface area (Å²) in [6, 6.07) is 3.72. The number of hydrogen-bond donors (Lipinski definition) is 1. The van der Waals surface area contributed by atoms with Crippen LogP contribution in [-0.4, -0.2) is 4.98 Å². The summed E-state index contributed by atoms with van der Waals surface area (Å²) in [4.78, 5) is 4.49. The van der Waals surface area contributed by atoms with Crippen molar-refractivity contribution in [2.24, 2.45) is 0 Å². The van der Waals surface area contributed by atoms with E-state index in [2.05, 4.69) is 22.6 Å². The highest BCUT2D eigenvalue weighted by Crippen LogP contribution is 2.29. The Labute approximate surface area is 121 Å². The fourth-order valence-electron chi connectivity index (χ4n) is 1.56. The summed E-state index contributed by atoms with van der Waals surface area (Å²) in [7, 11) is 0. The van der Waals surface area contributed by atoms with E-state index in [1.165, 1.54) is 0 Å². The number of nitrogens with one attached hydrogen (secondary N) is 1. The van der Waals surface area contributed by atoms with E-state index >= 15 is 0 Å². The van der Waals surface area contributed by atoms with Crippen LogP contribution >= 0.6 is 34.5 Å². The standard InChI is InChI=1S/C13H14Cl2N2S/c1-3-13-17-9(7-18-13)6-16-12-5-10(14)8(2)4-11(12)15/h4-5,7,16H,3,6H2,1-2H3. The first-order valence-electron chi connectivity index (χ1n) is 5.73. The molecule has 5 heteroatoms. The quantitative estimate of drug-likeness (QED) is 0.866. The minimum Gasteiger partial charge on any atom is -0.378 e. The van der Waals surface area contributed by atoms with Gasteiger partial charge in [-0.15, -0.1) is 11.3 Å². The normalized spacial score (nSPS) is 10.7. The number of nitrogens with zero attached hydrogens (tertiary/aromatic N) is 1. The van der Waals surface area contributed by atoms with Crippen LogP contribution in [-0.2, 0) is 13.0 Å². The molecule has 0 aliphatic carbocycles. The average molecular weight is 301 g/mol. The Bertz CT molecular complexity index is 552. The van der Waals surface area contributed by atoms with Crippen molar-refractivity contribution >= 4 is 40.2 Å². The summed E-state index contributed by atoms with van der Waals surface area (Å²) in [6.45, 7) is 4.70. The molecular weight excluding hydrogens is 287 g/mol. The highest BCUT2D eigenvalue weighted by atomic mass is 35.5. The Morgan fingerprint density at radius 2 is 2.06 bits per heavy atom. The molecule has 96 valence electrons. The second-order valence-corrected chi connectivity index (χ2v) is 5.78. The van der Waals surface area contributed by atoms with Crippen molar-refractivity contribution in [3.63, 3.8) is 0 Å². The Hall–Kier alpha value is -0.770. The maximum absolute atomic E-state index is 6.16. The summed E-state index contributed by atoms with van der Waals surface area (Å²) < 4.78 is 0. The minimum atomic E-state index is 0.662. The molecular formula is C13H14Cl2N2S. The second-order valence-electron chi connectivity index (χ2n) is 4.02. The number of rotatable bonds is 4. The molecule has 1 aromatic carbocycles. The minimum absolute atomic E-state index is 0.662. The van der Waals surface area contributed by atoms with Crippen LogP contribution in [0, 0.1) is 6.92 Å². The van der Waals surface area contributed by atoms with E-state index in [4.69, 9.17) is 23.2 Å². The maximum atomic E-state index is 6.16. The van der Waals surface area contributed by atoms with Crippen molar-refractivity contribution in [1.29, 1.82) is 0 Å². The molecule has 0 radical (unpaired) electrons. The largest absolute Gasteiger partial charge is 0.378 e. The molecule has 2 nitrogen and oxygen atoms in total. The lowest BCUT2D eigenvalue weighted by atomic mass is 10.2. The van der Waals surface area contributed by atoms with Gasteiger partial charge in [-0.2, -0.15) is 0 Å². The third-order valence-corrected chi connectivity index (χ3v) is 4.37. The first kappa shape index (κ1) is 13.7. The molecule has 0 unspecified atom stereocenters. The lowest BCUT2D eigenvalue weighted by molar-refractivity contribution is 1.01. The Balaban J connectivity index is 2.08. The maximum Gasteiger partial charge on any atom is 0.0926 e. The van der Waals surface area contributed by atoms with Crippen LogP contribution in [0.1, 0.15) is 23.2 Å². The van der Waals surface area contributed by atoms with Gasteiger partial charge in [-0.05, 0) is 31.0 Å². The lowest BCUT2D eigenvalue weighted by Gasteiger charge is -2.09. The molecule has 0 saturated heterocycles. The first-order valence-corrected chi connectivity index (χ1v) is 7.36. The molecule has 2 rings (SSSR count). The Kier molecular flexibility index (Phi) is 4.49. The van der Waals surface area contributed by atoms with Gasteiger partial charge in [0.2, 0.25) is 0 Å². The molecule has 0 aliphatic heterocycles. The fourth-order valence-corrected chi connectivity index (χ4v) is 2.75. The van der Waals surface area contributed by atoms with E-state index in [-0.39, 0.29) is 0 Å². The summed E-state index contributed by atoms with van der Waals surface area (Å²) in [5.41, 5.74) is 2.86. The van der Waals surface area contributed by atoms with Gasteiger partial charge in [0.15, 0.2) is 0 Å². The molecule has 2 aromatic rings. The van der Waals surface area contributed by atoms with E-state index in [0.29, 0.717) is 11.6 Å². The average Bonchev–Trinajstić information content (AvgIpc) is 2.80. The van der Waals surface area contributed by atoms with Crippen molar-refractivity contribution < 1.29 is 0 Å². The third kappa shape index (κ3) is 3.16. The summed E-state index contributed by atoms with van der Waals surface area (Å²) in [6.07, 6.45) is 0.974. The molecule has 0 amide bonds. The van der Waals surface area contributed by atoms with Crippen molar-refractivity contribution in [1.82, 2.24) is 4.98 Å². The Morgan fingerprint density at radius 1 is 1.28 bits per heavy atom. The van der Waals surface area contributed by atoms with E-state index in [1.807, 2.05) is 19.1 Å². The SMILES string of the molecule is CCc1nc(CNc2cc(Cl)c(C)cc2Cl)cs1. The molecule has 0 saturated carbocycles. The monoisotopic (exact) mass is 300 g/mol. The smallest absolute Gasteiger partial charge is 0.0926 e. The zero-order chi connectivity index (χ0) is 13.1. The van der Waals surface area contributed by atoms with E-state index in [1.54, 1.807) is 11.3 Å². The van der Waals surface area contributed by atoms with Crippen LogP contribution in [0.3, 0.4) is 0 Å². The summed E-state index contributed by atoms with van der Waals surface area (Å²) >= 11 is 13.9. The molecule has 0 aliphatic rings. The predicted molar refractivity (Wildman–Crippen MR) is 80.0 cm³/mol. The number of halogens is 2. The summed E-state index contributed by atoms with van der Waals surface area (Å²) in [5, 5.41) is 7.88. The number of anilines is 1. The zero-order valence-electron chi connectivity index (χ0n) is 10.3. The van der Waals surface area contributed by atoms with Gasteiger partial charge < -0.3 is 5.32 Å². The van der Waals surface area contributed by atoms with Crippen LogP contribution in [0.4, 0.5) is 5.69 Å². The number of aromatic nitrogens is 1. The van der Waals surface area contributed by atoms with Gasteiger partial charge in [0.1, 0.15) is 0 Å². The van der Waals surface area contributed by atoms with E-state index < -0.39 is 0 Å². The van der Waals surface area contributed by atoms with Gasteiger partial charge in [0.05, 0.1) is 28.0 Å². The van der Waals surface area contributed by atoms with Crippen LogP contribution in [0.15, 0.2) is 17.5 Å². The molecule has 0 bridgehead atoms. The number of thiazole rings is 1. The molecule has 1 N–H and O–H groups in total. The first-order chi connectivity index (χ1) is 8.60. The molecule has 0 fully saturated rings. The topological polar surface area (TPSA) is 24.9 Å². The van der Waals surface area contributed by atoms with Crippen molar-refractivity contribution in [2.75, 3.05) is 5.32 Å². The van der Waals surface area contributed by atoms with Gasteiger partial charge in [-0.3, -0.25) is 0 Å². The van der Waals surface area contributed by atoms with Gasteiger partial charge in [-0.1, -0.05) is 30.1 Å². The zero-order valence-corrected chi connectivity index (χ0v) is 12.6. The third-order valence-electron chi connectivity index (χ3n) is 2.61. The van der Waals surface area contributed by atoms with Crippen molar-refractivity contribution in [3.8, 4) is 0 Å². The highest BCUT2D eigenvalue weighted by molar-refractivity contribution is 7.09. The molecule has 18 heavy (non-hydrogen) atoms. The van der Waals surface area contributed by atoms with Gasteiger partial charge in [0, 0.05) is 10.4 Å². The lowest BCUT2D eigenvalue weighted by Crippen LogP contribution is -2.01. The fraction of sp³-hybridized carbons (Fsp3) is 0.308. The molecule has 0 spiro atoms. The second kappa shape index (κ2) is 5.91. The van der Waals surface area contributed by atoms with E-state index in [0.717, 1.165) is 33.4 Å². The van der Waals surface area contributed by atoms with Crippen LogP contribution in [0.5, 0.6) is 0 Å². The van der Waals surface area contributed by atoms with Crippen LogP contribution in [0.2, 0.25) is 10.0 Å².